The predicted molar refractivity (Wildman–Crippen MR) is 78.9 cm³/mol. The predicted octanol–water partition coefficient (Wildman–Crippen LogP) is 3.34. The molecule has 0 unspecified atom stereocenters. The number of rotatable bonds is 2. The number of anilines is 1. The Hall–Kier alpha value is -2.53. The minimum Gasteiger partial charge on any atom is -0.462 e. The Balaban J connectivity index is 1.94. The van der Waals surface area contributed by atoms with Gasteiger partial charge >= 0.3 is 6.03 Å². The van der Waals surface area contributed by atoms with Crippen molar-refractivity contribution in [3.63, 3.8) is 0 Å². The Morgan fingerprint density at radius 3 is 2.71 bits per heavy atom. The second-order valence-corrected chi connectivity index (χ2v) is 4.99. The van der Waals surface area contributed by atoms with Gasteiger partial charge in [-0.3, -0.25) is 4.79 Å². The minimum atomic E-state index is -0.517. The van der Waals surface area contributed by atoms with Crippen LogP contribution in [0, 0.1) is 6.92 Å². The highest BCUT2D eigenvalue weighted by Gasteiger charge is 2.35. The van der Waals surface area contributed by atoms with Crippen molar-refractivity contribution in [2.24, 2.45) is 0 Å². The number of furan rings is 1. The molecule has 6 heteroatoms. The molecule has 0 aliphatic carbocycles. The summed E-state index contributed by atoms with van der Waals surface area (Å²) in [6.45, 7) is 1.80. The average Bonchev–Trinajstić information content (AvgIpc) is 2.94. The topological polar surface area (TPSA) is 62.6 Å². The fourth-order valence-electron chi connectivity index (χ4n) is 2.06. The third-order valence-corrected chi connectivity index (χ3v) is 3.23. The molecule has 1 N–H and O–H groups in total. The van der Waals surface area contributed by atoms with Gasteiger partial charge in [0, 0.05) is 11.1 Å². The zero-order valence-electron chi connectivity index (χ0n) is 11.1. The lowest BCUT2D eigenvalue weighted by atomic mass is 10.2. The van der Waals surface area contributed by atoms with E-state index in [-0.39, 0.29) is 5.70 Å². The number of nitrogens with one attached hydrogen (secondary N) is 1. The molecule has 5 nitrogen and oxygen atoms in total. The first kappa shape index (κ1) is 13.5. The van der Waals surface area contributed by atoms with Crippen molar-refractivity contribution in [1.82, 2.24) is 5.32 Å². The highest BCUT2D eigenvalue weighted by atomic mass is 35.5. The van der Waals surface area contributed by atoms with E-state index in [0.29, 0.717) is 16.5 Å². The normalized spacial score (nSPS) is 16.7. The minimum absolute atomic E-state index is 0.161. The summed E-state index contributed by atoms with van der Waals surface area (Å²) in [7, 11) is 0. The van der Waals surface area contributed by atoms with Crippen molar-refractivity contribution in [3.8, 4) is 0 Å². The molecule has 0 bridgehead atoms. The van der Waals surface area contributed by atoms with E-state index in [2.05, 4.69) is 5.32 Å². The lowest BCUT2D eigenvalue weighted by Gasteiger charge is -2.11. The summed E-state index contributed by atoms with van der Waals surface area (Å²) in [5.41, 5.74) is 0.582. The van der Waals surface area contributed by atoms with E-state index >= 15 is 0 Å². The van der Waals surface area contributed by atoms with Crippen LogP contribution in [-0.2, 0) is 4.79 Å². The Kier molecular flexibility index (Phi) is 3.27. The largest absolute Gasteiger partial charge is 0.462 e. The summed E-state index contributed by atoms with van der Waals surface area (Å²) in [5.74, 6) is 0.783. The molecule has 1 fully saturated rings. The van der Waals surface area contributed by atoms with Crippen LogP contribution in [0.1, 0.15) is 11.5 Å². The van der Waals surface area contributed by atoms with Crippen LogP contribution >= 0.6 is 11.6 Å². The summed E-state index contributed by atoms with van der Waals surface area (Å²) in [6, 6.07) is 9.53. The number of benzene rings is 1. The van der Waals surface area contributed by atoms with Gasteiger partial charge in [0.1, 0.15) is 17.2 Å². The number of carbonyl (C=O) groups excluding carboxylic acids is 2. The van der Waals surface area contributed by atoms with Crippen LogP contribution in [0.25, 0.3) is 6.08 Å². The van der Waals surface area contributed by atoms with Gasteiger partial charge in [0.2, 0.25) is 0 Å². The van der Waals surface area contributed by atoms with Crippen LogP contribution in [-0.4, -0.2) is 11.9 Å². The van der Waals surface area contributed by atoms with Crippen LogP contribution in [0.4, 0.5) is 10.5 Å². The van der Waals surface area contributed by atoms with E-state index in [0.717, 1.165) is 10.7 Å². The van der Waals surface area contributed by atoms with Crippen LogP contribution in [0.5, 0.6) is 0 Å². The Morgan fingerprint density at radius 2 is 2.05 bits per heavy atom. The van der Waals surface area contributed by atoms with Crippen LogP contribution in [0.3, 0.4) is 0 Å². The van der Waals surface area contributed by atoms with Gasteiger partial charge in [0.05, 0.1) is 5.69 Å². The smallest absolute Gasteiger partial charge is 0.333 e. The molecule has 1 aliphatic rings. The monoisotopic (exact) mass is 302 g/mol. The number of aryl methyl sites for hydroxylation is 1. The van der Waals surface area contributed by atoms with E-state index in [4.69, 9.17) is 16.0 Å². The molecule has 0 spiro atoms. The summed E-state index contributed by atoms with van der Waals surface area (Å²) in [6.07, 6.45) is 1.50. The number of imide groups is 1. The SMILES string of the molecule is Cc1ccc(/C=C2/NC(=O)N(c3cccc(Cl)c3)C2=O)o1. The van der Waals surface area contributed by atoms with E-state index in [1.165, 1.54) is 6.08 Å². The third kappa shape index (κ3) is 2.55. The van der Waals surface area contributed by atoms with Gasteiger partial charge in [-0.15, -0.1) is 0 Å². The number of nitrogens with zero attached hydrogens (tertiary/aromatic N) is 1. The third-order valence-electron chi connectivity index (χ3n) is 2.99. The molecule has 106 valence electrons. The van der Waals surface area contributed by atoms with Gasteiger partial charge in [-0.1, -0.05) is 17.7 Å². The standard InChI is InChI=1S/C15H11ClN2O3/c1-9-5-6-12(21-9)8-13-14(19)18(15(20)17-13)11-4-2-3-10(16)7-11/h2-8H,1H3,(H,17,20)/b13-8+. The Labute approximate surface area is 125 Å². The van der Waals surface area contributed by atoms with E-state index in [1.807, 2.05) is 0 Å². The van der Waals surface area contributed by atoms with Crippen molar-refractivity contribution in [2.75, 3.05) is 4.90 Å². The molecule has 21 heavy (non-hydrogen) atoms. The van der Waals surface area contributed by atoms with E-state index < -0.39 is 11.9 Å². The molecule has 2 aromatic rings. The molecule has 3 rings (SSSR count). The maximum Gasteiger partial charge on any atom is 0.333 e. The number of urea groups is 1. The van der Waals surface area contributed by atoms with Crippen LogP contribution < -0.4 is 10.2 Å². The van der Waals surface area contributed by atoms with Crippen LogP contribution in [0.15, 0.2) is 46.5 Å². The lowest BCUT2D eigenvalue weighted by molar-refractivity contribution is -0.113. The van der Waals surface area contributed by atoms with E-state index in [9.17, 15) is 9.59 Å². The summed E-state index contributed by atoms with van der Waals surface area (Å²) in [4.78, 5) is 25.3. The lowest BCUT2D eigenvalue weighted by Crippen LogP contribution is -2.30. The first-order valence-corrected chi connectivity index (χ1v) is 6.61. The molecule has 1 aromatic heterocycles. The maximum absolute atomic E-state index is 12.3. The van der Waals surface area contributed by atoms with Gasteiger partial charge in [0.25, 0.3) is 5.91 Å². The first-order valence-electron chi connectivity index (χ1n) is 6.24. The van der Waals surface area contributed by atoms with Crippen LogP contribution in [0.2, 0.25) is 5.02 Å². The summed E-state index contributed by atoms with van der Waals surface area (Å²) in [5, 5.41) is 2.98. The fourth-order valence-corrected chi connectivity index (χ4v) is 2.24. The second kappa shape index (κ2) is 5.10. The van der Waals surface area contributed by atoms with Gasteiger partial charge in [-0.25, -0.2) is 9.69 Å². The number of hydrogen-bond donors (Lipinski definition) is 1. The summed E-state index contributed by atoms with van der Waals surface area (Å²) < 4.78 is 5.37. The molecule has 1 aromatic carbocycles. The molecule has 2 heterocycles. The highest BCUT2D eigenvalue weighted by molar-refractivity contribution is 6.32. The van der Waals surface area contributed by atoms with Crippen molar-refractivity contribution < 1.29 is 14.0 Å². The van der Waals surface area contributed by atoms with Crippen molar-refractivity contribution >= 4 is 35.3 Å². The Morgan fingerprint density at radius 1 is 1.24 bits per heavy atom. The van der Waals surface area contributed by atoms with Crippen molar-refractivity contribution in [2.45, 2.75) is 6.92 Å². The zero-order valence-corrected chi connectivity index (χ0v) is 11.8. The molecule has 3 amide bonds. The van der Waals surface area contributed by atoms with Gasteiger partial charge in [0.15, 0.2) is 0 Å². The molecule has 0 atom stereocenters. The number of halogens is 1. The second-order valence-electron chi connectivity index (χ2n) is 4.56. The fraction of sp³-hybridized carbons (Fsp3) is 0.0667. The van der Waals surface area contributed by atoms with Crippen molar-refractivity contribution in [1.29, 1.82) is 0 Å². The van der Waals surface area contributed by atoms with Gasteiger partial charge in [-0.2, -0.15) is 0 Å². The number of carbonyl (C=O) groups is 2. The average molecular weight is 303 g/mol. The number of amides is 3. The molecule has 0 radical (unpaired) electrons. The quantitative estimate of drug-likeness (QED) is 0.683. The van der Waals surface area contributed by atoms with E-state index in [1.54, 1.807) is 43.3 Å². The van der Waals surface area contributed by atoms with Crippen molar-refractivity contribution in [3.05, 3.63) is 58.6 Å². The highest BCUT2D eigenvalue weighted by Crippen LogP contribution is 2.25. The molecular weight excluding hydrogens is 292 g/mol. The Bertz CT molecular complexity index is 764. The number of hydrogen-bond acceptors (Lipinski definition) is 3. The molecular formula is C15H11ClN2O3. The molecule has 0 saturated carbocycles. The maximum atomic E-state index is 12.3. The van der Waals surface area contributed by atoms with Gasteiger partial charge < -0.3 is 9.73 Å². The molecule has 1 aliphatic heterocycles. The summed E-state index contributed by atoms with van der Waals surface area (Å²) >= 11 is 5.89. The zero-order chi connectivity index (χ0) is 15.0. The first-order chi connectivity index (χ1) is 10.0. The van der Waals surface area contributed by atoms with Gasteiger partial charge in [-0.05, 0) is 37.3 Å². The molecule has 1 saturated heterocycles.